The average Bonchev–Trinajstić information content (AvgIpc) is 2.96. The second kappa shape index (κ2) is 13.0. The van der Waals surface area contributed by atoms with Gasteiger partial charge in [-0.3, -0.25) is 9.80 Å². The predicted octanol–water partition coefficient (Wildman–Crippen LogP) is 5.62. The summed E-state index contributed by atoms with van der Waals surface area (Å²) in [6.07, 6.45) is 0.174. The van der Waals surface area contributed by atoms with E-state index in [4.69, 9.17) is 9.47 Å². The van der Waals surface area contributed by atoms with E-state index < -0.39 is 77.0 Å². The highest BCUT2D eigenvalue weighted by molar-refractivity contribution is 5.73. The first-order chi connectivity index (χ1) is 21.8. The SMILES string of the molecule is CC1(C)CC(C(O)(C2CC(C)(C)N(C(=O)Oc3ccccc3)C(C)(C)C2)C(CO)(CO)CO)CC(C)(C)N1C(=O)Oc1ccccc1. The number of para-hydroxylation sites is 2. The fourth-order valence-electron chi connectivity index (χ4n) is 9.17. The minimum atomic E-state index is -1.81. The number of likely N-dealkylation sites (tertiary alicyclic amines) is 2. The Morgan fingerprint density at radius 2 is 0.894 bits per heavy atom. The summed E-state index contributed by atoms with van der Waals surface area (Å²) in [5, 5.41) is 45.8. The van der Waals surface area contributed by atoms with Crippen LogP contribution in [-0.2, 0) is 0 Å². The van der Waals surface area contributed by atoms with E-state index in [1.807, 2.05) is 67.5 Å². The Kier molecular flexibility index (Phi) is 10.2. The molecule has 4 N–H and O–H groups in total. The van der Waals surface area contributed by atoms with Gasteiger partial charge in [-0.15, -0.1) is 0 Å². The zero-order chi connectivity index (χ0) is 35.1. The van der Waals surface area contributed by atoms with Gasteiger partial charge in [0.2, 0.25) is 0 Å². The normalized spacial score (nSPS) is 21.3. The van der Waals surface area contributed by atoms with Crippen molar-refractivity contribution in [1.29, 1.82) is 0 Å². The molecule has 0 saturated carbocycles. The van der Waals surface area contributed by atoms with Gasteiger partial charge >= 0.3 is 12.2 Å². The lowest BCUT2D eigenvalue weighted by Gasteiger charge is -2.64. The highest BCUT2D eigenvalue weighted by atomic mass is 16.6. The maximum absolute atomic E-state index is 13.7. The summed E-state index contributed by atoms with van der Waals surface area (Å²) in [6.45, 7) is 13.4. The maximum atomic E-state index is 13.7. The van der Waals surface area contributed by atoms with Crippen molar-refractivity contribution in [3.63, 3.8) is 0 Å². The van der Waals surface area contributed by atoms with Crippen LogP contribution >= 0.6 is 0 Å². The highest BCUT2D eigenvalue weighted by Crippen LogP contribution is 2.58. The Hall–Kier alpha value is -3.18. The van der Waals surface area contributed by atoms with Crippen LogP contribution in [0, 0.1) is 17.3 Å². The number of benzene rings is 2. The van der Waals surface area contributed by atoms with Crippen LogP contribution in [0.5, 0.6) is 11.5 Å². The second-order valence-electron chi connectivity index (χ2n) is 16.1. The summed E-state index contributed by atoms with van der Waals surface area (Å²) in [7, 11) is 0. The molecule has 260 valence electrons. The standard InChI is InChI=1S/C37H54N2O8/c1-32(2)19-26(20-33(3,4)38(32)30(43)46-28-15-11-9-12-16-28)37(45,36(23-40,24-41)25-42)27-21-34(5,6)39(35(7,8)22-27)31(44)47-29-17-13-10-14-18-29/h9-18,26-27,40-42,45H,19-25H2,1-8H3. The smallest absolute Gasteiger partial charge is 0.410 e. The van der Waals surface area contributed by atoms with E-state index >= 15 is 0 Å². The number of amides is 2. The van der Waals surface area contributed by atoms with Crippen LogP contribution in [-0.4, -0.2) is 90.0 Å². The van der Waals surface area contributed by atoms with Gasteiger partial charge in [-0.2, -0.15) is 0 Å². The van der Waals surface area contributed by atoms with Gasteiger partial charge < -0.3 is 29.9 Å². The fourth-order valence-corrected chi connectivity index (χ4v) is 9.17. The number of hydrogen-bond acceptors (Lipinski definition) is 8. The predicted molar refractivity (Wildman–Crippen MR) is 179 cm³/mol. The number of rotatable bonds is 8. The Bertz CT molecular complexity index is 1250. The summed E-state index contributed by atoms with van der Waals surface area (Å²) in [6, 6.07) is 17.7. The molecule has 0 unspecified atom stereocenters. The largest absolute Gasteiger partial charge is 0.416 e. The first-order valence-electron chi connectivity index (χ1n) is 16.5. The first kappa shape index (κ1) is 36.7. The van der Waals surface area contributed by atoms with E-state index in [9.17, 15) is 30.0 Å². The molecule has 2 aromatic rings. The minimum absolute atomic E-state index is 0.301. The molecule has 2 heterocycles. The van der Waals surface area contributed by atoms with Crippen molar-refractivity contribution >= 4 is 12.2 Å². The topological polar surface area (TPSA) is 140 Å². The van der Waals surface area contributed by atoms with Gasteiger partial charge in [0, 0.05) is 22.2 Å². The van der Waals surface area contributed by atoms with Crippen LogP contribution in [0.3, 0.4) is 0 Å². The summed E-state index contributed by atoms with van der Waals surface area (Å²) < 4.78 is 11.6. The van der Waals surface area contributed by atoms with Crippen LogP contribution in [0.1, 0.15) is 81.1 Å². The summed E-state index contributed by atoms with van der Waals surface area (Å²) >= 11 is 0. The van der Waals surface area contributed by atoms with Gasteiger partial charge in [-0.05, 0) is 117 Å². The van der Waals surface area contributed by atoms with Gasteiger partial charge in [0.05, 0.1) is 30.8 Å². The molecule has 0 atom stereocenters. The van der Waals surface area contributed by atoms with E-state index in [1.165, 1.54) is 0 Å². The molecule has 4 rings (SSSR count). The molecule has 2 aliphatic rings. The Labute approximate surface area is 279 Å². The van der Waals surface area contributed by atoms with Crippen LogP contribution in [0.2, 0.25) is 0 Å². The van der Waals surface area contributed by atoms with Crippen molar-refractivity contribution in [2.24, 2.45) is 17.3 Å². The molecule has 2 aromatic carbocycles. The number of nitrogens with zero attached hydrogens (tertiary/aromatic N) is 2. The lowest BCUT2D eigenvalue weighted by Crippen LogP contribution is -2.73. The molecule has 2 fully saturated rings. The number of aliphatic hydroxyl groups is 4. The van der Waals surface area contributed by atoms with E-state index in [2.05, 4.69) is 0 Å². The number of piperidine rings is 2. The Balaban J connectivity index is 1.73. The van der Waals surface area contributed by atoms with E-state index in [-0.39, 0.29) is 0 Å². The van der Waals surface area contributed by atoms with Crippen molar-refractivity contribution in [3.05, 3.63) is 60.7 Å². The lowest BCUT2D eigenvalue weighted by atomic mass is 9.51. The molecular formula is C37H54N2O8. The van der Waals surface area contributed by atoms with Gasteiger partial charge in [0.1, 0.15) is 11.5 Å². The Morgan fingerprint density at radius 1 is 0.617 bits per heavy atom. The molecule has 10 nitrogen and oxygen atoms in total. The second-order valence-corrected chi connectivity index (χ2v) is 16.1. The minimum Gasteiger partial charge on any atom is -0.410 e. The maximum Gasteiger partial charge on any atom is 0.416 e. The van der Waals surface area contributed by atoms with Crippen molar-refractivity contribution in [2.45, 2.75) is 109 Å². The molecule has 2 aliphatic heterocycles. The van der Waals surface area contributed by atoms with Crippen molar-refractivity contribution < 1.29 is 39.5 Å². The van der Waals surface area contributed by atoms with Gasteiger partial charge in [0.25, 0.3) is 0 Å². The molecule has 2 amide bonds. The van der Waals surface area contributed by atoms with Crippen LogP contribution in [0.25, 0.3) is 0 Å². The molecule has 0 radical (unpaired) electrons. The number of carbonyl (C=O) groups is 2. The highest BCUT2D eigenvalue weighted by Gasteiger charge is 2.66. The third kappa shape index (κ3) is 6.75. The monoisotopic (exact) mass is 654 g/mol. The number of hydrogen-bond donors (Lipinski definition) is 4. The molecular weight excluding hydrogens is 600 g/mol. The van der Waals surface area contributed by atoms with E-state index in [0.29, 0.717) is 37.2 Å². The Morgan fingerprint density at radius 3 is 1.15 bits per heavy atom. The average molecular weight is 655 g/mol. The van der Waals surface area contributed by atoms with Gasteiger partial charge in [0.15, 0.2) is 0 Å². The first-order valence-corrected chi connectivity index (χ1v) is 16.5. The van der Waals surface area contributed by atoms with Crippen LogP contribution in [0.4, 0.5) is 9.59 Å². The summed E-state index contributed by atoms with van der Waals surface area (Å²) in [4.78, 5) is 30.8. The third-order valence-electron chi connectivity index (χ3n) is 10.7. The van der Waals surface area contributed by atoms with Crippen molar-refractivity contribution in [2.75, 3.05) is 19.8 Å². The zero-order valence-electron chi connectivity index (χ0n) is 29.2. The number of aliphatic hydroxyl groups excluding tert-OH is 3. The number of carbonyl (C=O) groups excluding carboxylic acids is 2. The molecule has 0 bridgehead atoms. The quantitative estimate of drug-likeness (QED) is 0.288. The molecule has 2 saturated heterocycles. The van der Waals surface area contributed by atoms with E-state index in [1.54, 1.807) is 58.3 Å². The van der Waals surface area contributed by atoms with Crippen LogP contribution < -0.4 is 9.47 Å². The molecule has 47 heavy (non-hydrogen) atoms. The number of ether oxygens (including phenoxy) is 2. The molecule has 0 aromatic heterocycles. The zero-order valence-corrected chi connectivity index (χ0v) is 29.2. The van der Waals surface area contributed by atoms with Crippen LogP contribution in [0.15, 0.2) is 60.7 Å². The van der Waals surface area contributed by atoms with Crippen molar-refractivity contribution in [1.82, 2.24) is 9.80 Å². The van der Waals surface area contributed by atoms with Gasteiger partial charge in [-0.1, -0.05) is 36.4 Å². The summed E-state index contributed by atoms with van der Waals surface area (Å²) in [5.41, 5.74) is -6.81. The summed E-state index contributed by atoms with van der Waals surface area (Å²) in [5.74, 6) is -0.299. The molecule has 0 aliphatic carbocycles. The lowest BCUT2D eigenvalue weighted by molar-refractivity contribution is -0.247. The molecule has 10 heteroatoms. The van der Waals surface area contributed by atoms with E-state index in [0.717, 1.165) is 0 Å². The fraction of sp³-hybridized carbons (Fsp3) is 0.622. The molecule has 0 spiro atoms. The third-order valence-corrected chi connectivity index (χ3v) is 10.7. The van der Waals surface area contributed by atoms with Crippen molar-refractivity contribution in [3.8, 4) is 11.5 Å². The van der Waals surface area contributed by atoms with Gasteiger partial charge in [-0.25, -0.2) is 9.59 Å².